The maximum Gasteiger partial charge on any atom is 0.349 e. The summed E-state index contributed by atoms with van der Waals surface area (Å²) in [5.74, 6) is 0.0757. The van der Waals surface area contributed by atoms with E-state index in [1.165, 1.54) is 12.1 Å². The van der Waals surface area contributed by atoms with Crippen LogP contribution < -0.4 is 10.2 Å². The summed E-state index contributed by atoms with van der Waals surface area (Å²) in [6.07, 6.45) is 0. The molecular formula is C12H9O3P. The van der Waals surface area contributed by atoms with Gasteiger partial charge < -0.3 is 10.00 Å². The van der Waals surface area contributed by atoms with Crippen LogP contribution in [0.1, 0.15) is 0 Å². The first kappa shape index (κ1) is 10.8. The minimum Gasteiger partial charge on any atom is -0.591 e. The van der Waals surface area contributed by atoms with Crippen LogP contribution in [0, 0.1) is 0 Å². The summed E-state index contributed by atoms with van der Waals surface area (Å²) < 4.78 is 11.1. The first-order valence-electron chi connectivity index (χ1n) is 4.72. The number of rotatable bonds is 2. The Bertz CT molecular complexity index is 537. The molecule has 16 heavy (non-hydrogen) atoms. The minimum absolute atomic E-state index is 0.0757. The molecule has 0 aliphatic rings. The van der Waals surface area contributed by atoms with Gasteiger partial charge in [-0.3, -0.25) is 0 Å². The Labute approximate surface area is 93.9 Å². The molecule has 1 N–H and O–H groups in total. The predicted octanol–water partition coefficient (Wildman–Crippen LogP) is 1.79. The van der Waals surface area contributed by atoms with E-state index in [0.29, 0.717) is 11.1 Å². The SMILES string of the molecule is O=[P+]([O-])c1ccccc1-c1ccccc1O. The lowest BCUT2D eigenvalue weighted by atomic mass is 10.0. The van der Waals surface area contributed by atoms with Crippen molar-refractivity contribution in [1.29, 1.82) is 0 Å². The number of phenols is 1. The lowest BCUT2D eigenvalue weighted by molar-refractivity contribution is -0.160. The molecule has 2 aromatic rings. The van der Waals surface area contributed by atoms with Crippen LogP contribution >= 0.6 is 8.03 Å². The molecule has 0 spiro atoms. The van der Waals surface area contributed by atoms with Crippen molar-refractivity contribution in [3.05, 3.63) is 48.5 Å². The molecule has 0 fully saturated rings. The van der Waals surface area contributed by atoms with E-state index >= 15 is 0 Å². The van der Waals surface area contributed by atoms with E-state index in [1.807, 2.05) is 0 Å². The first-order chi connectivity index (χ1) is 7.70. The number of aromatic hydroxyl groups is 1. The van der Waals surface area contributed by atoms with Crippen molar-refractivity contribution in [2.24, 2.45) is 0 Å². The van der Waals surface area contributed by atoms with Gasteiger partial charge in [0.2, 0.25) is 0 Å². The Kier molecular flexibility index (Phi) is 3.00. The van der Waals surface area contributed by atoms with Gasteiger partial charge in [-0.1, -0.05) is 34.9 Å². The summed E-state index contributed by atoms with van der Waals surface area (Å²) in [4.78, 5) is 11.1. The highest BCUT2D eigenvalue weighted by Gasteiger charge is 2.16. The highest BCUT2D eigenvalue weighted by atomic mass is 31.1. The normalized spacial score (nSPS) is 11.2. The summed E-state index contributed by atoms with van der Waals surface area (Å²) in [5.41, 5.74) is 1.05. The van der Waals surface area contributed by atoms with Gasteiger partial charge in [-0.15, -0.1) is 0 Å². The van der Waals surface area contributed by atoms with Crippen LogP contribution in [0.2, 0.25) is 0 Å². The quantitative estimate of drug-likeness (QED) is 0.803. The first-order valence-corrected chi connectivity index (χ1v) is 5.89. The highest BCUT2D eigenvalue weighted by Crippen LogP contribution is 2.30. The molecule has 0 aliphatic heterocycles. The molecule has 1 unspecified atom stereocenters. The van der Waals surface area contributed by atoms with Crippen molar-refractivity contribution in [2.75, 3.05) is 0 Å². The van der Waals surface area contributed by atoms with Crippen LogP contribution in [0.5, 0.6) is 5.75 Å². The fourth-order valence-corrected chi connectivity index (χ4v) is 2.16. The predicted molar refractivity (Wildman–Crippen MR) is 60.8 cm³/mol. The van der Waals surface area contributed by atoms with Crippen molar-refractivity contribution in [3.8, 4) is 16.9 Å². The van der Waals surface area contributed by atoms with Crippen molar-refractivity contribution >= 4 is 13.3 Å². The molecule has 2 rings (SSSR count). The van der Waals surface area contributed by atoms with Gasteiger partial charge in [0.1, 0.15) is 5.75 Å². The van der Waals surface area contributed by atoms with E-state index in [2.05, 4.69) is 0 Å². The van der Waals surface area contributed by atoms with Crippen LogP contribution in [0.3, 0.4) is 0 Å². The summed E-state index contributed by atoms with van der Waals surface area (Å²) in [7, 11) is -2.66. The smallest absolute Gasteiger partial charge is 0.349 e. The molecule has 0 saturated carbocycles. The zero-order chi connectivity index (χ0) is 11.5. The lowest BCUT2D eigenvalue weighted by Gasteiger charge is -2.05. The molecule has 0 radical (unpaired) electrons. The van der Waals surface area contributed by atoms with Gasteiger partial charge in [-0.25, -0.2) is 0 Å². The summed E-state index contributed by atoms with van der Waals surface area (Å²) in [6.45, 7) is 0. The van der Waals surface area contributed by atoms with Crippen LogP contribution in [0.4, 0.5) is 0 Å². The Morgan fingerprint density at radius 1 is 0.938 bits per heavy atom. The Balaban J connectivity index is 2.65. The van der Waals surface area contributed by atoms with E-state index in [9.17, 15) is 14.6 Å². The van der Waals surface area contributed by atoms with E-state index < -0.39 is 8.03 Å². The topological polar surface area (TPSA) is 60.4 Å². The third-order valence-electron chi connectivity index (χ3n) is 2.29. The van der Waals surface area contributed by atoms with Crippen molar-refractivity contribution in [3.63, 3.8) is 0 Å². The zero-order valence-corrected chi connectivity index (χ0v) is 9.22. The minimum atomic E-state index is -2.66. The Hall–Kier alpha value is -1.70. The Morgan fingerprint density at radius 2 is 1.50 bits per heavy atom. The number of hydrogen-bond donors (Lipinski definition) is 1. The second-order valence-electron chi connectivity index (χ2n) is 3.29. The van der Waals surface area contributed by atoms with Crippen molar-refractivity contribution in [2.45, 2.75) is 0 Å². The lowest BCUT2D eigenvalue weighted by Crippen LogP contribution is -2.07. The molecule has 0 aliphatic carbocycles. The molecule has 3 nitrogen and oxygen atoms in total. The molecular weight excluding hydrogens is 223 g/mol. The molecule has 80 valence electrons. The van der Waals surface area contributed by atoms with E-state index in [1.54, 1.807) is 36.4 Å². The molecule has 0 amide bonds. The van der Waals surface area contributed by atoms with Gasteiger partial charge in [-0.05, 0) is 18.2 Å². The Morgan fingerprint density at radius 3 is 2.12 bits per heavy atom. The van der Waals surface area contributed by atoms with Crippen molar-refractivity contribution < 1.29 is 14.6 Å². The number of benzene rings is 2. The van der Waals surface area contributed by atoms with Crippen LogP contribution in [-0.2, 0) is 4.57 Å². The maximum atomic E-state index is 11.1. The van der Waals surface area contributed by atoms with E-state index in [4.69, 9.17) is 0 Å². The van der Waals surface area contributed by atoms with Gasteiger partial charge in [0.05, 0.1) is 0 Å². The molecule has 0 bridgehead atoms. The average molecular weight is 232 g/mol. The number of phenolic OH excluding ortho intramolecular Hbond substituents is 1. The molecule has 0 aromatic heterocycles. The van der Waals surface area contributed by atoms with Crippen LogP contribution in [0.15, 0.2) is 48.5 Å². The monoisotopic (exact) mass is 232 g/mol. The van der Waals surface area contributed by atoms with Crippen molar-refractivity contribution in [1.82, 2.24) is 0 Å². The summed E-state index contributed by atoms with van der Waals surface area (Å²) in [6, 6.07) is 13.3. The molecule has 1 atom stereocenters. The van der Waals surface area contributed by atoms with Gasteiger partial charge >= 0.3 is 8.03 Å². The third kappa shape index (κ3) is 1.96. The molecule has 2 aromatic carbocycles. The number of hydrogen-bond acceptors (Lipinski definition) is 3. The zero-order valence-electron chi connectivity index (χ0n) is 8.33. The second-order valence-corrected chi connectivity index (χ2v) is 4.29. The second kappa shape index (κ2) is 4.44. The highest BCUT2D eigenvalue weighted by molar-refractivity contribution is 7.46. The average Bonchev–Trinajstić information content (AvgIpc) is 2.29. The van der Waals surface area contributed by atoms with Gasteiger partial charge in [0.25, 0.3) is 0 Å². The van der Waals surface area contributed by atoms with E-state index in [0.717, 1.165) is 0 Å². The number of para-hydroxylation sites is 1. The van der Waals surface area contributed by atoms with Crippen LogP contribution in [-0.4, -0.2) is 5.11 Å². The summed E-state index contributed by atoms with van der Waals surface area (Å²) >= 11 is 0. The molecule has 4 heteroatoms. The van der Waals surface area contributed by atoms with E-state index in [-0.39, 0.29) is 11.1 Å². The third-order valence-corrected chi connectivity index (χ3v) is 3.08. The fourth-order valence-electron chi connectivity index (χ4n) is 1.56. The fraction of sp³-hybridized carbons (Fsp3) is 0. The molecule has 0 heterocycles. The van der Waals surface area contributed by atoms with Gasteiger partial charge in [0.15, 0.2) is 5.30 Å². The van der Waals surface area contributed by atoms with Gasteiger partial charge in [0, 0.05) is 11.1 Å². The largest absolute Gasteiger partial charge is 0.591 e. The summed E-state index contributed by atoms with van der Waals surface area (Å²) in [5, 5.41) is 9.89. The maximum absolute atomic E-state index is 11.1. The molecule has 0 saturated heterocycles. The standard InChI is InChI=1S/C12H9O3P/c13-11-7-3-1-5-9(11)10-6-2-4-8-12(10)16(14)15/h1-8,13H. The van der Waals surface area contributed by atoms with Crippen LogP contribution in [0.25, 0.3) is 11.1 Å². The van der Waals surface area contributed by atoms with Gasteiger partial charge in [-0.2, -0.15) is 0 Å².